The average Bonchev–Trinajstić information content (AvgIpc) is 2.79. The maximum Gasteiger partial charge on any atom is 0.243 e. The molecule has 2 N–H and O–H groups in total. The van der Waals surface area contributed by atoms with E-state index in [1.807, 2.05) is 24.3 Å². The largest absolute Gasteiger partial charge is 0.497 e. The summed E-state index contributed by atoms with van der Waals surface area (Å²) in [6, 6.07) is 13.7. The molecule has 0 spiro atoms. The predicted molar refractivity (Wildman–Crippen MR) is 127 cm³/mol. The first-order chi connectivity index (χ1) is 15.7. The summed E-state index contributed by atoms with van der Waals surface area (Å²) < 4.78 is 31.8. The van der Waals surface area contributed by atoms with Crippen LogP contribution in [-0.4, -0.2) is 64.4 Å². The molecule has 1 aliphatic heterocycles. The van der Waals surface area contributed by atoms with Gasteiger partial charge in [0.05, 0.1) is 18.6 Å². The Morgan fingerprint density at radius 2 is 1.67 bits per heavy atom. The molecule has 0 saturated carbocycles. The Balaban J connectivity index is 1.50. The van der Waals surface area contributed by atoms with Crippen molar-refractivity contribution in [2.24, 2.45) is 0 Å². The zero-order chi connectivity index (χ0) is 24.0. The van der Waals surface area contributed by atoms with Crippen molar-refractivity contribution in [3.05, 3.63) is 48.5 Å². The minimum atomic E-state index is -3.83. The van der Waals surface area contributed by atoms with Crippen LogP contribution in [0.25, 0.3) is 0 Å². The SMILES string of the molecule is COc1ccc(N2CCC(NC(=O)CN(C)S(=O)(=O)c3ccc(NC(C)=O)cc3)CC2)cc1. The van der Waals surface area contributed by atoms with Gasteiger partial charge in [0.1, 0.15) is 5.75 Å². The van der Waals surface area contributed by atoms with Crippen molar-refractivity contribution in [2.75, 3.05) is 44.0 Å². The fourth-order valence-electron chi connectivity index (χ4n) is 3.73. The number of ether oxygens (including phenoxy) is 1. The Kier molecular flexibility index (Phi) is 7.93. The molecular weight excluding hydrogens is 444 g/mol. The van der Waals surface area contributed by atoms with Crippen molar-refractivity contribution in [3.8, 4) is 5.75 Å². The van der Waals surface area contributed by atoms with Crippen LogP contribution in [-0.2, 0) is 19.6 Å². The van der Waals surface area contributed by atoms with Gasteiger partial charge in [-0.05, 0) is 61.4 Å². The standard InChI is InChI=1S/C23H30N4O5S/c1-17(28)24-18-4-10-22(11-5-18)33(30,31)26(2)16-23(29)25-19-12-14-27(15-13-19)20-6-8-21(32-3)9-7-20/h4-11,19H,12-16H2,1-3H3,(H,24,28)(H,25,29). The highest BCUT2D eigenvalue weighted by Gasteiger charge is 2.25. The maximum absolute atomic E-state index is 12.8. The molecule has 1 aliphatic rings. The quantitative estimate of drug-likeness (QED) is 0.606. The molecule has 0 atom stereocenters. The minimum absolute atomic E-state index is 0.0000381. The molecule has 0 aliphatic carbocycles. The fourth-order valence-corrected chi connectivity index (χ4v) is 4.86. The van der Waals surface area contributed by atoms with Crippen LogP contribution < -0.4 is 20.3 Å². The number of amides is 2. The number of hydrogen-bond donors (Lipinski definition) is 2. The molecule has 0 radical (unpaired) electrons. The van der Waals surface area contributed by atoms with Crippen molar-refractivity contribution in [3.63, 3.8) is 0 Å². The molecule has 3 rings (SSSR count). The molecule has 2 aromatic rings. The van der Waals surface area contributed by atoms with Gasteiger partial charge in [0, 0.05) is 44.5 Å². The van der Waals surface area contributed by atoms with Gasteiger partial charge in [-0.15, -0.1) is 0 Å². The van der Waals surface area contributed by atoms with Gasteiger partial charge in [0.15, 0.2) is 0 Å². The number of carbonyl (C=O) groups is 2. The van der Waals surface area contributed by atoms with Crippen LogP contribution in [0.3, 0.4) is 0 Å². The number of anilines is 2. The van der Waals surface area contributed by atoms with E-state index in [-0.39, 0.29) is 29.3 Å². The summed E-state index contributed by atoms with van der Waals surface area (Å²) in [5.41, 5.74) is 1.61. The van der Waals surface area contributed by atoms with Gasteiger partial charge in [0.25, 0.3) is 0 Å². The van der Waals surface area contributed by atoms with E-state index in [2.05, 4.69) is 15.5 Å². The van der Waals surface area contributed by atoms with Crippen LogP contribution in [0.1, 0.15) is 19.8 Å². The van der Waals surface area contributed by atoms with E-state index in [0.717, 1.165) is 41.7 Å². The number of sulfonamides is 1. The summed E-state index contributed by atoms with van der Waals surface area (Å²) in [5, 5.41) is 5.54. The first kappa shape index (κ1) is 24.5. The number of nitrogens with one attached hydrogen (secondary N) is 2. The topological polar surface area (TPSA) is 108 Å². The average molecular weight is 475 g/mol. The van der Waals surface area contributed by atoms with E-state index in [0.29, 0.717) is 5.69 Å². The van der Waals surface area contributed by atoms with E-state index >= 15 is 0 Å². The van der Waals surface area contributed by atoms with Gasteiger partial charge in [0.2, 0.25) is 21.8 Å². The lowest BCUT2D eigenvalue weighted by molar-refractivity contribution is -0.122. The van der Waals surface area contributed by atoms with E-state index in [4.69, 9.17) is 4.74 Å². The van der Waals surface area contributed by atoms with Gasteiger partial charge in [-0.3, -0.25) is 9.59 Å². The van der Waals surface area contributed by atoms with E-state index in [9.17, 15) is 18.0 Å². The highest BCUT2D eigenvalue weighted by atomic mass is 32.2. The van der Waals surface area contributed by atoms with E-state index in [1.54, 1.807) is 7.11 Å². The monoisotopic (exact) mass is 474 g/mol. The maximum atomic E-state index is 12.8. The predicted octanol–water partition coefficient (Wildman–Crippen LogP) is 2.06. The van der Waals surface area contributed by atoms with E-state index in [1.165, 1.54) is 38.2 Å². The van der Waals surface area contributed by atoms with E-state index < -0.39 is 10.0 Å². The van der Waals surface area contributed by atoms with Crippen molar-refractivity contribution < 1.29 is 22.7 Å². The summed E-state index contributed by atoms with van der Waals surface area (Å²) in [7, 11) is -0.817. The molecule has 0 bridgehead atoms. The fraction of sp³-hybridized carbons (Fsp3) is 0.391. The molecule has 0 unspecified atom stereocenters. The van der Waals surface area contributed by atoms with Gasteiger partial charge in [-0.2, -0.15) is 4.31 Å². The Morgan fingerprint density at radius 1 is 1.06 bits per heavy atom. The Bertz CT molecular complexity index is 1060. The third-order valence-corrected chi connectivity index (χ3v) is 7.36. The van der Waals surface area contributed by atoms with Crippen LogP contribution in [0.15, 0.2) is 53.4 Å². The second kappa shape index (κ2) is 10.7. The Hall–Kier alpha value is -3.11. The number of hydrogen-bond acceptors (Lipinski definition) is 6. The number of piperidine rings is 1. The van der Waals surface area contributed by atoms with Crippen molar-refractivity contribution in [1.82, 2.24) is 9.62 Å². The van der Waals surface area contributed by atoms with Gasteiger partial charge in [-0.1, -0.05) is 0 Å². The molecule has 2 amide bonds. The lowest BCUT2D eigenvalue weighted by atomic mass is 10.0. The summed E-state index contributed by atoms with van der Waals surface area (Å²) >= 11 is 0. The molecule has 2 aromatic carbocycles. The van der Waals surface area contributed by atoms with Gasteiger partial charge < -0.3 is 20.3 Å². The number of carbonyl (C=O) groups excluding carboxylic acids is 2. The highest BCUT2D eigenvalue weighted by Crippen LogP contribution is 2.23. The summed E-state index contributed by atoms with van der Waals surface area (Å²) in [6.07, 6.45) is 1.55. The van der Waals surface area contributed by atoms with Crippen LogP contribution in [0.4, 0.5) is 11.4 Å². The first-order valence-corrected chi connectivity index (χ1v) is 12.2. The van der Waals surface area contributed by atoms with Crippen LogP contribution in [0, 0.1) is 0 Å². The zero-order valence-corrected chi connectivity index (χ0v) is 19.9. The lowest BCUT2D eigenvalue weighted by Crippen LogP contribution is -2.47. The highest BCUT2D eigenvalue weighted by molar-refractivity contribution is 7.89. The summed E-state index contributed by atoms with van der Waals surface area (Å²) in [6.45, 7) is 2.70. The molecule has 10 heteroatoms. The molecular formula is C23H30N4O5S. The number of methoxy groups -OCH3 is 1. The molecule has 9 nitrogen and oxygen atoms in total. The molecule has 0 aromatic heterocycles. The van der Waals surface area contributed by atoms with Crippen molar-refractivity contribution in [2.45, 2.75) is 30.7 Å². The second-order valence-electron chi connectivity index (χ2n) is 7.99. The third kappa shape index (κ3) is 6.45. The van der Waals surface area contributed by atoms with Gasteiger partial charge in [-0.25, -0.2) is 8.42 Å². The van der Waals surface area contributed by atoms with Crippen LogP contribution in [0.5, 0.6) is 5.75 Å². The summed E-state index contributed by atoms with van der Waals surface area (Å²) in [4.78, 5) is 25.9. The third-order valence-electron chi connectivity index (χ3n) is 5.55. The van der Waals surface area contributed by atoms with Crippen molar-refractivity contribution >= 4 is 33.2 Å². The number of benzene rings is 2. The zero-order valence-electron chi connectivity index (χ0n) is 19.1. The number of nitrogens with zero attached hydrogens (tertiary/aromatic N) is 2. The molecule has 1 fully saturated rings. The van der Waals surface area contributed by atoms with Gasteiger partial charge >= 0.3 is 0 Å². The molecule has 1 saturated heterocycles. The second-order valence-corrected chi connectivity index (χ2v) is 10.0. The Labute approximate surface area is 194 Å². The lowest BCUT2D eigenvalue weighted by Gasteiger charge is -2.34. The number of likely N-dealkylation sites (N-methyl/N-ethyl adjacent to an activating group) is 1. The number of rotatable bonds is 8. The minimum Gasteiger partial charge on any atom is -0.497 e. The molecule has 1 heterocycles. The smallest absolute Gasteiger partial charge is 0.243 e. The van der Waals surface area contributed by atoms with Crippen LogP contribution in [0.2, 0.25) is 0 Å². The first-order valence-electron chi connectivity index (χ1n) is 10.7. The molecule has 178 valence electrons. The van der Waals surface area contributed by atoms with Crippen LogP contribution >= 0.6 is 0 Å². The Morgan fingerprint density at radius 3 is 2.21 bits per heavy atom. The normalized spacial score (nSPS) is 14.7. The van der Waals surface area contributed by atoms with Crippen molar-refractivity contribution in [1.29, 1.82) is 0 Å². The molecule has 33 heavy (non-hydrogen) atoms. The summed E-state index contributed by atoms with van der Waals surface area (Å²) in [5.74, 6) is 0.233.